The summed E-state index contributed by atoms with van der Waals surface area (Å²) >= 11 is 1.70. The number of nitrogens with one attached hydrogen (secondary N) is 1. The lowest BCUT2D eigenvalue weighted by Gasteiger charge is -2.10. The van der Waals surface area contributed by atoms with E-state index in [2.05, 4.69) is 23.3 Å². The number of anilines is 1. The molecule has 0 saturated heterocycles. The van der Waals surface area contributed by atoms with Crippen LogP contribution in [-0.4, -0.2) is 17.3 Å². The van der Waals surface area contributed by atoms with Gasteiger partial charge in [0.05, 0.1) is 11.3 Å². The van der Waals surface area contributed by atoms with Crippen molar-refractivity contribution in [1.29, 1.82) is 5.26 Å². The Kier molecular flexibility index (Phi) is 5.45. The monoisotopic (exact) mass is 283 g/mol. The van der Waals surface area contributed by atoms with Gasteiger partial charge in [0.25, 0.3) is 0 Å². The van der Waals surface area contributed by atoms with Gasteiger partial charge in [-0.25, -0.2) is 0 Å². The van der Waals surface area contributed by atoms with Crippen LogP contribution in [0.2, 0.25) is 0 Å². The van der Waals surface area contributed by atoms with Gasteiger partial charge in [0.15, 0.2) is 0 Å². The van der Waals surface area contributed by atoms with Crippen LogP contribution in [0.1, 0.15) is 18.2 Å². The number of nitrogens with zero attached hydrogens (tertiary/aromatic N) is 2. The van der Waals surface area contributed by atoms with E-state index >= 15 is 0 Å². The Balaban J connectivity index is 2.02. The van der Waals surface area contributed by atoms with Crippen LogP contribution in [0.3, 0.4) is 0 Å². The molecular weight excluding hydrogens is 266 g/mol. The molecule has 1 heterocycles. The number of aromatic nitrogens is 1. The minimum absolute atomic E-state index is 0.736. The molecule has 1 aromatic heterocycles. The van der Waals surface area contributed by atoms with Crippen LogP contribution in [-0.2, 0) is 6.42 Å². The first-order valence-electron chi connectivity index (χ1n) is 6.65. The third-order valence-corrected chi connectivity index (χ3v) is 3.80. The van der Waals surface area contributed by atoms with Gasteiger partial charge in [-0.3, -0.25) is 4.98 Å². The predicted octanol–water partition coefficient (Wildman–Crippen LogP) is 3.72. The maximum Gasteiger partial charge on any atom is 0.102 e. The van der Waals surface area contributed by atoms with Gasteiger partial charge in [-0.2, -0.15) is 5.26 Å². The van der Waals surface area contributed by atoms with E-state index < -0.39 is 0 Å². The fraction of sp³-hybridized carbons (Fsp3) is 0.250. The minimum atomic E-state index is 0.736. The van der Waals surface area contributed by atoms with Gasteiger partial charge in [-0.1, -0.05) is 19.1 Å². The topological polar surface area (TPSA) is 48.7 Å². The number of hydrogen-bond donors (Lipinski definition) is 1. The Hall–Kier alpha value is -1.99. The summed E-state index contributed by atoms with van der Waals surface area (Å²) in [5.41, 5.74) is 2.69. The van der Waals surface area contributed by atoms with Crippen molar-refractivity contribution in [3.63, 3.8) is 0 Å². The number of benzene rings is 1. The van der Waals surface area contributed by atoms with Gasteiger partial charge in [-0.15, -0.1) is 11.8 Å². The summed E-state index contributed by atoms with van der Waals surface area (Å²) in [6.45, 7) is 2.86. The molecule has 0 aliphatic rings. The summed E-state index contributed by atoms with van der Waals surface area (Å²) in [5, 5.41) is 12.7. The van der Waals surface area contributed by atoms with Gasteiger partial charge >= 0.3 is 0 Å². The summed E-state index contributed by atoms with van der Waals surface area (Å²) < 4.78 is 0. The van der Waals surface area contributed by atoms with Crippen molar-refractivity contribution in [2.75, 3.05) is 17.6 Å². The van der Waals surface area contributed by atoms with Crippen molar-refractivity contribution < 1.29 is 0 Å². The average Bonchev–Trinajstić information content (AvgIpc) is 2.49. The summed E-state index contributed by atoms with van der Waals surface area (Å²) in [6, 6.07) is 14.1. The number of nitriles is 1. The van der Waals surface area contributed by atoms with E-state index in [-0.39, 0.29) is 0 Å². The lowest BCUT2D eigenvalue weighted by molar-refractivity contribution is 0.960. The summed E-state index contributed by atoms with van der Waals surface area (Å²) in [4.78, 5) is 5.33. The Labute approximate surface area is 124 Å². The van der Waals surface area contributed by atoms with Crippen molar-refractivity contribution in [3.8, 4) is 6.07 Å². The van der Waals surface area contributed by atoms with E-state index in [4.69, 9.17) is 0 Å². The molecule has 0 fully saturated rings. The van der Waals surface area contributed by atoms with E-state index in [1.807, 2.05) is 36.4 Å². The zero-order valence-electron chi connectivity index (χ0n) is 11.5. The Morgan fingerprint density at radius 2 is 2.15 bits per heavy atom. The highest BCUT2D eigenvalue weighted by molar-refractivity contribution is 7.99. The predicted molar refractivity (Wildman–Crippen MR) is 84.0 cm³/mol. The molecule has 2 aromatic rings. The lowest BCUT2D eigenvalue weighted by atomic mass is 10.2. The number of hydrogen-bond acceptors (Lipinski definition) is 4. The Bertz CT molecular complexity index is 590. The largest absolute Gasteiger partial charge is 0.384 e. The van der Waals surface area contributed by atoms with Crippen LogP contribution in [0.25, 0.3) is 0 Å². The maximum absolute atomic E-state index is 9.33. The number of pyridine rings is 1. The van der Waals surface area contributed by atoms with Gasteiger partial charge in [0, 0.05) is 29.8 Å². The maximum atomic E-state index is 9.33. The van der Waals surface area contributed by atoms with Crippen LogP contribution < -0.4 is 5.32 Å². The lowest BCUT2D eigenvalue weighted by Crippen LogP contribution is -2.07. The number of thioether (sulfide) groups is 1. The zero-order chi connectivity index (χ0) is 14.2. The Morgan fingerprint density at radius 3 is 2.85 bits per heavy atom. The number of rotatable bonds is 6. The van der Waals surface area contributed by atoms with Gasteiger partial charge < -0.3 is 5.32 Å². The van der Waals surface area contributed by atoms with Crippen LogP contribution >= 0.6 is 11.8 Å². The van der Waals surface area contributed by atoms with Crippen molar-refractivity contribution in [2.24, 2.45) is 0 Å². The molecule has 0 aliphatic heterocycles. The van der Waals surface area contributed by atoms with E-state index in [1.54, 1.807) is 18.0 Å². The summed E-state index contributed by atoms with van der Waals surface area (Å²) in [5.74, 6) is 0.964. The molecule has 0 unspecified atom stereocenters. The second-order valence-electron chi connectivity index (χ2n) is 4.22. The Morgan fingerprint density at radius 1 is 1.25 bits per heavy atom. The van der Waals surface area contributed by atoms with Crippen molar-refractivity contribution in [2.45, 2.75) is 18.2 Å². The fourth-order valence-corrected chi connectivity index (χ4v) is 2.73. The van der Waals surface area contributed by atoms with Crippen LogP contribution in [0, 0.1) is 11.3 Å². The van der Waals surface area contributed by atoms with E-state index in [1.165, 1.54) is 0 Å². The molecule has 0 saturated carbocycles. The molecule has 0 radical (unpaired) electrons. The van der Waals surface area contributed by atoms with Crippen LogP contribution in [0.15, 0.2) is 47.5 Å². The van der Waals surface area contributed by atoms with Crippen molar-refractivity contribution in [3.05, 3.63) is 53.9 Å². The standard InChI is InChI=1S/C16H17N3S/c1-2-20-16-8-5-7-15(14(16)12-17)19-11-9-13-6-3-4-10-18-13/h3-8,10,19H,2,9,11H2,1H3. The first-order chi connectivity index (χ1) is 9.85. The van der Waals surface area contributed by atoms with Crippen LogP contribution in [0.5, 0.6) is 0 Å². The average molecular weight is 283 g/mol. The molecule has 0 aliphatic carbocycles. The molecule has 0 atom stereocenters. The van der Waals surface area contributed by atoms with Gasteiger partial charge in [-0.05, 0) is 30.0 Å². The molecule has 2 rings (SSSR count). The molecule has 0 amide bonds. The van der Waals surface area contributed by atoms with Crippen LogP contribution in [0.4, 0.5) is 5.69 Å². The molecule has 4 heteroatoms. The quantitative estimate of drug-likeness (QED) is 0.821. The third-order valence-electron chi connectivity index (χ3n) is 2.86. The van der Waals surface area contributed by atoms with Gasteiger partial charge in [0.1, 0.15) is 6.07 Å². The van der Waals surface area contributed by atoms with E-state index in [0.717, 1.165) is 40.6 Å². The third kappa shape index (κ3) is 3.75. The van der Waals surface area contributed by atoms with Crippen molar-refractivity contribution in [1.82, 2.24) is 4.98 Å². The highest BCUT2D eigenvalue weighted by atomic mass is 32.2. The van der Waals surface area contributed by atoms with Gasteiger partial charge in [0.2, 0.25) is 0 Å². The molecule has 102 valence electrons. The second kappa shape index (κ2) is 7.56. The minimum Gasteiger partial charge on any atom is -0.384 e. The molecule has 20 heavy (non-hydrogen) atoms. The zero-order valence-corrected chi connectivity index (χ0v) is 12.3. The summed E-state index contributed by atoms with van der Waals surface area (Å²) in [7, 11) is 0. The molecular formula is C16H17N3S. The first-order valence-corrected chi connectivity index (χ1v) is 7.63. The normalized spacial score (nSPS) is 10.0. The smallest absolute Gasteiger partial charge is 0.102 e. The molecule has 1 N–H and O–H groups in total. The second-order valence-corrected chi connectivity index (χ2v) is 5.53. The fourth-order valence-electron chi connectivity index (χ4n) is 1.94. The highest BCUT2D eigenvalue weighted by Crippen LogP contribution is 2.27. The molecule has 1 aromatic carbocycles. The molecule has 0 spiro atoms. The first kappa shape index (κ1) is 14.4. The van der Waals surface area contributed by atoms with E-state index in [0.29, 0.717) is 0 Å². The van der Waals surface area contributed by atoms with Crippen molar-refractivity contribution >= 4 is 17.4 Å². The summed E-state index contributed by atoms with van der Waals surface area (Å²) in [6.07, 6.45) is 2.64. The molecule has 0 bridgehead atoms. The molecule has 3 nitrogen and oxygen atoms in total. The SMILES string of the molecule is CCSc1cccc(NCCc2ccccn2)c1C#N. The highest BCUT2D eigenvalue weighted by Gasteiger charge is 2.07. The van der Waals surface area contributed by atoms with E-state index in [9.17, 15) is 5.26 Å².